The normalized spacial score (nSPS) is 6.59. The first-order valence-corrected chi connectivity index (χ1v) is 3.00. The van der Waals surface area contributed by atoms with E-state index in [0.29, 0.717) is 0 Å². The maximum absolute atomic E-state index is 10.3. The van der Waals surface area contributed by atoms with Crippen LogP contribution in [-0.2, 0) is 0 Å². The molecule has 0 saturated heterocycles. The number of aromatic carboxylic acids is 2. The van der Waals surface area contributed by atoms with E-state index in [0.717, 1.165) is 12.3 Å². The molecule has 0 spiro atoms. The van der Waals surface area contributed by atoms with Gasteiger partial charge in [0.15, 0.2) is 0 Å². The Hall–Kier alpha value is -0.790. The summed E-state index contributed by atoms with van der Waals surface area (Å²) in [4.78, 5) is 23.9. The Labute approximate surface area is 121 Å². The molecule has 1 aromatic heterocycles. The number of carboxylic acid groups (broad SMARTS) is 2. The molecule has 102 valence electrons. The number of hydrogen-bond donors (Lipinski definition) is 0. The molecule has 0 aliphatic carbocycles. The van der Waals surface area contributed by atoms with E-state index in [-0.39, 0.29) is 55.1 Å². The summed E-state index contributed by atoms with van der Waals surface area (Å²) in [7, 11) is 0. The van der Waals surface area contributed by atoms with Crippen molar-refractivity contribution < 1.29 is 25.3 Å². The van der Waals surface area contributed by atoms with E-state index >= 15 is 0 Å². The number of carbonyl (C=O) groups excluding carboxylic acids is 2. The van der Waals surface area contributed by atoms with Crippen LogP contribution in [0.4, 0.5) is 0 Å². The van der Waals surface area contributed by atoms with Crippen molar-refractivity contribution in [2.45, 2.75) is 0 Å². The van der Waals surface area contributed by atoms with Gasteiger partial charge in [0.2, 0.25) is 0 Å². The highest BCUT2D eigenvalue weighted by molar-refractivity contribution is 5.98. The molecule has 1 aromatic rings. The van der Waals surface area contributed by atoms with Gasteiger partial charge in [0, 0.05) is 11.8 Å². The molecule has 1 rings (SSSR count). The third-order valence-corrected chi connectivity index (χ3v) is 1.22. The highest BCUT2D eigenvalue weighted by atomic mass is 35.5. The molecule has 0 radical (unpaired) electrons. The van der Waals surface area contributed by atoms with Crippen molar-refractivity contribution >= 4 is 61.6 Å². The van der Waals surface area contributed by atoms with Crippen LogP contribution in [0.5, 0.6) is 0 Å². The molecule has 0 fully saturated rings. The smallest absolute Gasteiger partial charge is 0.0947 e. The number of hydrogen-bond acceptors (Lipinski definition) is 5. The van der Waals surface area contributed by atoms with Gasteiger partial charge in [-0.25, -0.2) is 0 Å². The highest BCUT2D eigenvalue weighted by Gasteiger charge is 2.03. The third kappa shape index (κ3) is 8.00. The number of carbonyl (C=O) groups is 2. The number of pyridine rings is 1. The predicted molar refractivity (Wildman–Crippen MR) is 65.5 cm³/mol. The zero-order valence-corrected chi connectivity index (χ0v) is 11.2. The second kappa shape index (κ2) is 13.3. The van der Waals surface area contributed by atoms with Crippen molar-refractivity contribution in [2.75, 3.05) is 0 Å². The highest BCUT2D eigenvalue weighted by Crippen LogP contribution is 2.01. The van der Waals surface area contributed by atoms with Crippen LogP contribution >= 0.6 is 49.6 Å². The first-order chi connectivity index (χ1) is 5.63. The Bertz CT molecular complexity index is 316. The first-order valence-electron chi connectivity index (χ1n) is 3.00. The Morgan fingerprint density at radius 1 is 1.00 bits per heavy atom. The number of rotatable bonds is 2. The molecule has 0 atom stereocenters. The van der Waals surface area contributed by atoms with Crippen LogP contribution in [0.15, 0.2) is 18.3 Å². The van der Waals surface area contributed by atoms with Crippen LogP contribution in [0.25, 0.3) is 0 Å². The fraction of sp³-hybridized carbons (Fsp3) is 0. The van der Waals surface area contributed by atoms with E-state index in [2.05, 4.69) is 4.98 Å². The second-order valence-electron chi connectivity index (χ2n) is 1.97. The Balaban J connectivity index is -0.0000000960. The summed E-state index contributed by atoms with van der Waals surface area (Å²) in [6.07, 6.45) is 1.16. The molecule has 17 heavy (non-hydrogen) atoms. The lowest BCUT2D eigenvalue weighted by molar-refractivity contribution is -0.260. The second-order valence-corrected chi connectivity index (χ2v) is 1.97. The molecule has 0 unspecified atom stereocenters. The van der Waals surface area contributed by atoms with Gasteiger partial charge in [-0.05, 0) is 12.1 Å². The fourth-order valence-electron chi connectivity index (χ4n) is 0.733. The standard InChI is InChI=1S/C7H5NO4.4ClH.H2O/c9-6(10)4-2-1-3-8-5(4)7(11)12;;;;;/h1-3H,(H,9,10)(H,11,12);4*1H;1H2/p-2. The first kappa shape index (κ1) is 29.8. The van der Waals surface area contributed by atoms with Gasteiger partial charge in [0.05, 0.1) is 17.6 Å². The maximum atomic E-state index is 10.3. The van der Waals surface area contributed by atoms with Crippen molar-refractivity contribution in [1.29, 1.82) is 0 Å². The van der Waals surface area contributed by atoms with Crippen molar-refractivity contribution in [1.82, 2.24) is 4.98 Å². The Morgan fingerprint density at radius 3 is 1.76 bits per heavy atom. The van der Waals surface area contributed by atoms with Crippen LogP contribution < -0.4 is 10.2 Å². The van der Waals surface area contributed by atoms with E-state index in [1.165, 1.54) is 6.07 Å². The lowest BCUT2D eigenvalue weighted by Crippen LogP contribution is -2.30. The number of nitrogens with zero attached hydrogens (tertiary/aromatic N) is 1. The molecular weight excluding hydrogens is 320 g/mol. The summed E-state index contributed by atoms with van der Waals surface area (Å²) < 4.78 is 0. The number of halogens is 4. The monoisotopic (exact) mass is 327 g/mol. The summed E-state index contributed by atoms with van der Waals surface area (Å²) in [6.45, 7) is 0. The van der Waals surface area contributed by atoms with Gasteiger partial charge in [-0.15, -0.1) is 49.6 Å². The molecule has 0 aromatic carbocycles. The minimum absolute atomic E-state index is 0. The van der Waals surface area contributed by atoms with Crippen molar-refractivity contribution in [3.63, 3.8) is 0 Å². The molecule has 2 N–H and O–H groups in total. The third-order valence-electron chi connectivity index (χ3n) is 1.22. The van der Waals surface area contributed by atoms with Gasteiger partial charge in [-0.1, -0.05) is 0 Å². The van der Waals surface area contributed by atoms with Crippen LogP contribution in [0.1, 0.15) is 20.8 Å². The largest absolute Gasteiger partial charge is 0.545 e. The van der Waals surface area contributed by atoms with E-state index in [1.54, 1.807) is 0 Å². The zero-order chi connectivity index (χ0) is 9.14. The van der Waals surface area contributed by atoms with Crippen LogP contribution in [0.2, 0.25) is 0 Å². The summed E-state index contributed by atoms with van der Waals surface area (Å²) >= 11 is 0. The molecule has 6 nitrogen and oxygen atoms in total. The van der Waals surface area contributed by atoms with Crippen molar-refractivity contribution in [3.05, 3.63) is 29.6 Å². The zero-order valence-electron chi connectivity index (χ0n) is 7.95. The van der Waals surface area contributed by atoms with Gasteiger partial charge in [-0.3, -0.25) is 4.98 Å². The summed E-state index contributed by atoms with van der Waals surface area (Å²) in [6, 6.07) is 2.39. The molecule has 0 aliphatic rings. The lowest BCUT2D eigenvalue weighted by Gasteiger charge is -2.08. The minimum Gasteiger partial charge on any atom is -0.545 e. The molecule has 0 saturated carbocycles. The summed E-state index contributed by atoms with van der Waals surface area (Å²) in [5.41, 5.74) is -1.09. The maximum Gasteiger partial charge on any atom is 0.0947 e. The molecule has 10 heteroatoms. The molecular formula is C7H9Cl4NO5-2. The van der Waals surface area contributed by atoms with E-state index in [9.17, 15) is 19.8 Å². The molecule has 0 aliphatic heterocycles. The average molecular weight is 329 g/mol. The van der Waals surface area contributed by atoms with E-state index in [4.69, 9.17) is 0 Å². The van der Waals surface area contributed by atoms with Gasteiger partial charge >= 0.3 is 0 Å². The molecule has 1 heterocycles. The number of carboxylic acids is 2. The molecule has 0 bridgehead atoms. The lowest BCUT2D eigenvalue weighted by atomic mass is 10.2. The average Bonchev–Trinajstić information content (AvgIpc) is 2.04. The molecule has 0 amide bonds. The van der Waals surface area contributed by atoms with Gasteiger partial charge in [0.1, 0.15) is 0 Å². The minimum atomic E-state index is -1.63. The van der Waals surface area contributed by atoms with Crippen molar-refractivity contribution in [3.8, 4) is 0 Å². The fourth-order valence-corrected chi connectivity index (χ4v) is 0.733. The Morgan fingerprint density at radius 2 is 1.47 bits per heavy atom. The summed E-state index contributed by atoms with van der Waals surface area (Å²) in [5, 5.41) is 20.5. The van der Waals surface area contributed by atoms with Gasteiger partial charge in [-0.2, -0.15) is 0 Å². The van der Waals surface area contributed by atoms with Gasteiger partial charge < -0.3 is 25.3 Å². The quantitative estimate of drug-likeness (QED) is 0.665. The van der Waals surface area contributed by atoms with Crippen LogP contribution in [0.3, 0.4) is 0 Å². The summed E-state index contributed by atoms with van der Waals surface area (Å²) in [5.74, 6) is -3.21. The topological polar surface area (TPSA) is 125 Å². The predicted octanol–water partition coefficient (Wildman–Crippen LogP) is -1.33. The van der Waals surface area contributed by atoms with Crippen LogP contribution in [0, 0.1) is 0 Å². The van der Waals surface area contributed by atoms with Crippen molar-refractivity contribution in [2.24, 2.45) is 0 Å². The van der Waals surface area contributed by atoms with E-state index in [1.807, 2.05) is 0 Å². The van der Waals surface area contributed by atoms with Crippen LogP contribution in [-0.4, -0.2) is 22.4 Å². The number of aromatic nitrogens is 1. The van der Waals surface area contributed by atoms with Gasteiger partial charge in [0.25, 0.3) is 0 Å². The van der Waals surface area contributed by atoms with E-state index < -0.39 is 23.2 Å². The Kier molecular flexibility index (Phi) is 23.3. The SMILES string of the molecule is Cl.Cl.Cl.Cl.O.O=C([O-])c1cccnc1C(=O)[O-].